The van der Waals surface area contributed by atoms with Crippen LogP contribution >= 0.6 is 0 Å². The Hall–Kier alpha value is -3.00. The summed E-state index contributed by atoms with van der Waals surface area (Å²) in [5, 5.41) is 6.64. The average molecular weight is 441 g/mol. The Morgan fingerprint density at radius 2 is 1.84 bits per heavy atom. The molecule has 0 spiro atoms. The van der Waals surface area contributed by atoms with Crippen molar-refractivity contribution in [3.05, 3.63) is 48.2 Å². The Balaban J connectivity index is 1.51. The molecule has 8 nitrogen and oxygen atoms in total. The second-order valence-corrected chi connectivity index (χ2v) is 7.97. The van der Waals surface area contributed by atoms with Crippen molar-refractivity contribution in [3.8, 4) is 11.5 Å². The van der Waals surface area contributed by atoms with Crippen LogP contribution in [-0.2, 0) is 6.54 Å². The summed E-state index contributed by atoms with van der Waals surface area (Å²) in [5.41, 5.74) is 1.08. The fraction of sp³-hybridized carbons (Fsp3) is 0.500. The first kappa shape index (κ1) is 23.7. The zero-order valence-corrected chi connectivity index (χ0v) is 19.7. The van der Waals surface area contributed by atoms with E-state index in [1.54, 1.807) is 7.11 Å². The Bertz CT molecular complexity index is 850. The standard InChI is InChI=1S/C24H36N6O2/c1-5-25-24(27-16-19(2)32-22-9-7-6-8-21(22)31-4)28-18-20-10-11-23(26-17-20)30-14-12-29(3)13-15-30/h6-11,17,19H,5,12-16,18H2,1-4H3,(H2,25,27,28). The van der Waals surface area contributed by atoms with Gasteiger partial charge in [0.05, 0.1) is 20.2 Å². The van der Waals surface area contributed by atoms with Crippen molar-refractivity contribution in [1.82, 2.24) is 20.5 Å². The molecule has 0 aliphatic carbocycles. The fourth-order valence-corrected chi connectivity index (χ4v) is 3.46. The third kappa shape index (κ3) is 7.02. The maximum atomic E-state index is 6.02. The SMILES string of the molecule is CCNC(=NCc1ccc(N2CCN(C)CC2)nc1)NCC(C)Oc1ccccc1OC. The van der Waals surface area contributed by atoms with E-state index in [4.69, 9.17) is 14.5 Å². The maximum absolute atomic E-state index is 6.02. The first-order chi connectivity index (χ1) is 15.6. The molecule has 32 heavy (non-hydrogen) atoms. The van der Waals surface area contributed by atoms with Crippen LogP contribution in [0.1, 0.15) is 19.4 Å². The van der Waals surface area contributed by atoms with Gasteiger partial charge in [0.15, 0.2) is 17.5 Å². The minimum atomic E-state index is -0.0558. The zero-order valence-electron chi connectivity index (χ0n) is 19.7. The van der Waals surface area contributed by atoms with Crippen molar-refractivity contribution in [1.29, 1.82) is 0 Å². The molecule has 0 bridgehead atoms. The lowest BCUT2D eigenvalue weighted by Gasteiger charge is -2.33. The Morgan fingerprint density at radius 1 is 1.09 bits per heavy atom. The molecule has 0 amide bonds. The van der Waals surface area contributed by atoms with Crippen molar-refractivity contribution >= 4 is 11.8 Å². The van der Waals surface area contributed by atoms with Gasteiger partial charge in [-0.2, -0.15) is 0 Å². The molecule has 1 aromatic heterocycles. The summed E-state index contributed by atoms with van der Waals surface area (Å²) in [4.78, 5) is 14.0. The molecule has 2 heterocycles. The molecule has 1 aromatic carbocycles. The number of nitrogens with one attached hydrogen (secondary N) is 2. The summed E-state index contributed by atoms with van der Waals surface area (Å²) >= 11 is 0. The minimum Gasteiger partial charge on any atom is -0.493 e. The topological polar surface area (TPSA) is 74.3 Å². The van der Waals surface area contributed by atoms with Crippen LogP contribution in [0, 0.1) is 0 Å². The van der Waals surface area contributed by atoms with Crippen molar-refractivity contribution in [2.45, 2.75) is 26.5 Å². The molecule has 1 unspecified atom stereocenters. The number of anilines is 1. The lowest BCUT2D eigenvalue weighted by Crippen LogP contribution is -2.44. The molecular formula is C24H36N6O2. The number of para-hydroxylation sites is 2. The summed E-state index contributed by atoms with van der Waals surface area (Å²) in [5.74, 6) is 3.26. The van der Waals surface area contributed by atoms with E-state index in [0.717, 1.165) is 61.6 Å². The third-order valence-corrected chi connectivity index (χ3v) is 5.35. The monoisotopic (exact) mass is 440 g/mol. The predicted octanol–water partition coefficient (Wildman–Crippen LogP) is 2.36. The molecule has 8 heteroatoms. The van der Waals surface area contributed by atoms with Gasteiger partial charge in [0, 0.05) is 38.9 Å². The largest absolute Gasteiger partial charge is 0.493 e. The Morgan fingerprint density at radius 3 is 2.50 bits per heavy atom. The number of pyridine rings is 1. The molecule has 2 aromatic rings. The highest BCUT2D eigenvalue weighted by Crippen LogP contribution is 2.26. The van der Waals surface area contributed by atoms with Crippen LogP contribution in [0.5, 0.6) is 11.5 Å². The molecule has 1 aliphatic rings. The van der Waals surface area contributed by atoms with E-state index in [1.165, 1.54) is 0 Å². The van der Waals surface area contributed by atoms with E-state index in [0.29, 0.717) is 13.1 Å². The minimum absolute atomic E-state index is 0.0558. The summed E-state index contributed by atoms with van der Waals surface area (Å²) < 4.78 is 11.4. The van der Waals surface area contributed by atoms with Crippen LogP contribution in [0.25, 0.3) is 0 Å². The molecule has 1 atom stereocenters. The molecule has 3 rings (SSSR count). The Kier molecular flexibility index (Phi) is 8.98. The summed E-state index contributed by atoms with van der Waals surface area (Å²) in [7, 11) is 3.81. The van der Waals surface area contributed by atoms with Gasteiger partial charge >= 0.3 is 0 Å². The number of ether oxygens (including phenoxy) is 2. The molecule has 1 fully saturated rings. The van der Waals surface area contributed by atoms with Crippen LogP contribution in [0.4, 0.5) is 5.82 Å². The molecule has 0 radical (unpaired) electrons. The van der Waals surface area contributed by atoms with Crippen LogP contribution in [0.15, 0.2) is 47.6 Å². The smallest absolute Gasteiger partial charge is 0.191 e. The lowest BCUT2D eigenvalue weighted by atomic mass is 10.2. The van der Waals surface area contributed by atoms with Crippen LogP contribution in [0.2, 0.25) is 0 Å². The Labute approximate surface area is 191 Å². The fourth-order valence-electron chi connectivity index (χ4n) is 3.46. The number of hydrogen-bond acceptors (Lipinski definition) is 6. The van der Waals surface area contributed by atoms with Gasteiger partial charge in [0.2, 0.25) is 0 Å². The van der Waals surface area contributed by atoms with E-state index in [2.05, 4.69) is 51.5 Å². The highest BCUT2D eigenvalue weighted by Gasteiger charge is 2.15. The number of aromatic nitrogens is 1. The third-order valence-electron chi connectivity index (χ3n) is 5.35. The lowest BCUT2D eigenvalue weighted by molar-refractivity contribution is 0.213. The maximum Gasteiger partial charge on any atom is 0.191 e. The number of aliphatic imine (C=N–C) groups is 1. The number of nitrogens with zero attached hydrogens (tertiary/aromatic N) is 4. The number of guanidine groups is 1. The highest BCUT2D eigenvalue weighted by molar-refractivity contribution is 5.79. The van der Waals surface area contributed by atoms with E-state index in [-0.39, 0.29) is 6.10 Å². The summed E-state index contributed by atoms with van der Waals surface area (Å²) in [6.45, 7) is 10.2. The first-order valence-electron chi connectivity index (χ1n) is 11.3. The quantitative estimate of drug-likeness (QED) is 0.458. The van der Waals surface area contributed by atoms with Gasteiger partial charge in [-0.3, -0.25) is 0 Å². The van der Waals surface area contributed by atoms with Crippen molar-refractivity contribution in [3.63, 3.8) is 0 Å². The van der Waals surface area contributed by atoms with E-state index < -0.39 is 0 Å². The van der Waals surface area contributed by atoms with Crippen molar-refractivity contribution in [2.75, 3.05) is 58.3 Å². The van der Waals surface area contributed by atoms with Gasteiger partial charge in [0.1, 0.15) is 11.9 Å². The van der Waals surface area contributed by atoms with E-state index >= 15 is 0 Å². The van der Waals surface area contributed by atoms with Crippen molar-refractivity contribution in [2.24, 2.45) is 4.99 Å². The van der Waals surface area contributed by atoms with Crippen LogP contribution in [0.3, 0.4) is 0 Å². The molecular weight excluding hydrogens is 404 g/mol. The molecule has 0 saturated carbocycles. The van der Waals surface area contributed by atoms with Gasteiger partial charge in [-0.25, -0.2) is 9.98 Å². The predicted molar refractivity (Wildman–Crippen MR) is 130 cm³/mol. The van der Waals surface area contributed by atoms with Gasteiger partial charge in [0.25, 0.3) is 0 Å². The summed E-state index contributed by atoms with van der Waals surface area (Å²) in [6, 6.07) is 11.9. The van der Waals surface area contributed by atoms with Crippen LogP contribution < -0.4 is 25.0 Å². The molecule has 1 saturated heterocycles. The number of likely N-dealkylation sites (N-methyl/N-ethyl adjacent to an activating group) is 1. The molecule has 2 N–H and O–H groups in total. The highest BCUT2D eigenvalue weighted by atomic mass is 16.5. The number of hydrogen-bond donors (Lipinski definition) is 2. The second kappa shape index (κ2) is 12.1. The number of piperazine rings is 1. The normalized spacial score (nSPS) is 15.9. The second-order valence-electron chi connectivity index (χ2n) is 7.97. The van der Waals surface area contributed by atoms with Gasteiger partial charge in [-0.05, 0) is 44.7 Å². The zero-order chi connectivity index (χ0) is 22.8. The van der Waals surface area contributed by atoms with Gasteiger partial charge < -0.3 is 29.9 Å². The van der Waals surface area contributed by atoms with Crippen molar-refractivity contribution < 1.29 is 9.47 Å². The average Bonchev–Trinajstić information content (AvgIpc) is 2.82. The van der Waals surface area contributed by atoms with Crippen LogP contribution in [-0.4, -0.2) is 75.4 Å². The number of rotatable bonds is 9. The van der Waals surface area contributed by atoms with E-state index in [1.807, 2.05) is 37.4 Å². The number of benzene rings is 1. The summed E-state index contributed by atoms with van der Waals surface area (Å²) in [6.07, 6.45) is 1.87. The van der Waals surface area contributed by atoms with Gasteiger partial charge in [-0.1, -0.05) is 18.2 Å². The first-order valence-corrected chi connectivity index (χ1v) is 11.3. The number of methoxy groups -OCH3 is 1. The van der Waals surface area contributed by atoms with Gasteiger partial charge in [-0.15, -0.1) is 0 Å². The molecule has 174 valence electrons. The van der Waals surface area contributed by atoms with E-state index in [9.17, 15) is 0 Å². The molecule has 1 aliphatic heterocycles.